The van der Waals surface area contributed by atoms with Gasteiger partial charge in [-0.2, -0.15) is 14.6 Å². The maximum atomic E-state index is 12.0. The number of nitrogens with one attached hydrogen (secondary N) is 3. The second-order valence-electron chi connectivity index (χ2n) is 8.02. The molecule has 0 unspecified atom stereocenters. The monoisotopic (exact) mass is 462 g/mol. The van der Waals surface area contributed by atoms with Crippen LogP contribution in [0.1, 0.15) is 29.2 Å². The van der Waals surface area contributed by atoms with Crippen LogP contribution in [0, 0.1) is 11.3 Å². The van der Waals surface area contributed by atoms with Crippen LogP contribution in [0.3, 0.4) is 0 Å². The largest absolute Gasteiger partial charge is 0.324 e. The minimum absolute atomic E-state index is 0.281. The van der Waals surface area contributed by atoms with Gasteiger partial charge in [0.2, 0.25) is 5.95 Å². The molecule has 10 heteroatoms. The van der Waals surface area contributed by atoms with Gasteiger partial charge in [-0.15, -0.1) is 0 Å². The van der Waals surface area contributed by atoms with Gasteiger partial charge in [0, 0.05) is 34.5 Å². The molecule has 0 aliphatic carbocycles. The van der Waals surface area contributed by atoms with E-state index in [1.807, 2.05) is 0 Å². The lowest BCUT2D eigenvalue weighted by molar-refractivity contribution is 0.639. The van der Waals surface area contributed by atoms with Gasteiger partial charge in [0.15, 0.2) is 11.6 Å². The fourth-order valence-electron chi connectivity index (χ4n) is 3.74. The third kappa shape index (κ3) is 5.63. The van der Waals surface area contributed by atoms with Crippen LogP contribution < -0.4 is 16.0 Å². The summed E-state index contributed by atoms with van der Waals surface area (Å²) >= 11 is 0. The van der Waals surface area contributed by atoms with E-state index in [-0.39, 0.29) is 5.56 Å². The number of hydrogen-bond donors (Lipinski definition) is 3. The van der Waals surface area contributed by atoms with Crippen LogP contribution in [-0.4, -0.2) is 38.2 Å². The van der Waals surface area contributed by atoms with Crippen molar-refractivity contribution in [2.45, 2.75) is 26.3 Å². The maximum absolute atomic E-state index is 12.0. The van der Waals surface area contributed by atoms with Gasteiger partial charge in [-0.05, 0) is 60.3 Å². The van der Waals surface area contributed by atoms with Gasteiger partial charge in [-0.25, -0.2) is 14.2 Å². The predicted octanol–water partition coefficient (Wildman–Crippen LogP) is 3.80. The first-order valence-corrected chi connectivity index (χ1v) is 13.0. The SMILES string of the molecule is CCc1cc(Nc2ncc(C#N)c(Nc3cccc(N=S(C)(C)=O)n3)n2)cc2c1CCNC2. The van der Waals surface area contributed by atoms with E-state index in [1.54, 1.807) is 30.7 Å². The van der Waals surface area contributed by atoms with Gasteiger partial charge < -0.3 is 16.0 Å². The zero-order valence-electron chi connectivity index (χ0n) is 18.8. The van der Waals surface area contributed by atoms with Crippen molar-refractivity contribution in [2.75, 3.05) is 29.7 Å². The molecule has 0 radical (unpaired) electrons. The van der Waals surface area contributed by atoms with Crippen LogP contribution in [0.25, 0.3) is 0 Å². The summed E-state index contributed by atoms with van der Waals surface area (Å²) in [4.78, 5) is 13.2. The van der Waals surface area contributed by atoms with Crippen molar-refractivity contribution >= 4 is 38.8 Å². The van der Waals surface area contributed by atoms with E-state index >= 15 is 0 Å². The molecule has 0 saturated carbocycles. The van der Waals surface area contributed by atoms with Crippen LogP contribution in [0.5, 0.6) is 0 Å². The summed E-state index contributed by atoms with van der Waals surface area (Å²) in [7, 11) is -2.34. The molecule has 170 valence electrons. The highest BCUT2D eigenvalue weighted by Gasteiger charge is 2.15. The van der Waals surface area contributed by atoms with E-state index in [1.165, 1.54) is 22.9 Å². The minimum Gasteiger partial charge on any atom is -0.324 e. The molecule has 1 aliphatic heterocycles. The molecule has 0 bridgehead atoms. The fourth-order valence-corrected chi connectivity index (χ4v) is 4.29. The van der Waals surface area contributed by atoms with E-state index in [0.29, 0.717) is 23.4 Å². The third-order valence-corrected chi connectivity index (χ3v) is 5.77. The smallest absolute Gasteiger partial charge is 0.229 e. The number of nitrogens with zero attached hydrogens (tertiary/aromatic N) is 5. The molecule has 0 spiro atoms. The molecule has 0 saturated heterocycles. The Labute approximate surface area is 193 Å². The molecule has 1 aliphatic rings. The average Bonchev–Trinajstić information content (AvgIpc) is 2.78. The Morgan fingerprint density at radius 1 is 1.24 bits per heavy atom. The van der Waals surface area contributed by atoms with E-state index in [0.717, 1.165) is 31.6 Å². The molecule has 3 N–H and O–H groups in total. The van der Waals surface area contributed by atoms with Gasteiger partial charge >= 0.3 is 0 Å². The lowest BCUT2D eigenvalue weighted by Crippen LogP contribution is -2.24. The van der Waals surface area contributed by atoms with Gasteiger partial charge in [-0.3, -0.25) is 0 Å². The Bertz CT molecular complexity index is 1330. The molecule has 2 aromatic heterocycles. The number of aromatic nitrogens is 3. The zero-order valence-corrected chi connectivity index (χ0v) is 19.7. The number of benzene rings is 1. The quantitative estimate of drug-likeness (QED) is 0.505. The number of hydrogen-bond acceptors (Lipinski definition) is 9. The molecule has 3 aromatic rings. The first-order chi connectivity index (χ1) is 15.8. The summed E-state index contributed by atoms with van der Waals surface area (Å²) in [5.41, 5.74) is 5.21. The van der Waals surface area contributed by atoms with Crippen LogP contribution in [0.4, 0.5) is 29.1 Å². The van der Waals surface area contributed by atoms with Crippen molar-refractivity contribution in [2.24, 2.45) is 4.36 Å². The summed E-state index contributed by atoms with van der Waals surface area (Å²) in [6, 6.07) is 11.5. The molecular weight excluding hydrogens is 436 g/mol. The molecular formula is C23H26N8OS. The summed E-state index contributed by atoms with van der Waals surface area (Å²) < 4.78 is 16.1. The standard InChI is InChI=1S/C23H26N8OS/c1-4-15-10-18(11-16-13-25-9-8-19(15)16)27-23-26-14-17(12-24)22(30-23)29-20-6-5-7-21(28-20)31-33(2,3)32/h5-7,10-11,14,25H,4,8-9,13H2,1-3H3,(H2,26,27,28,29,30). The number of aryl methyl sites for hydroxylation is 1. The first-order valence-electron chi connectivity index (χ1n) is 10.7. The van der Waals surface area contributed by atoms with Crippen molar-refractivity contribution in [1.29, 1.82) is 5.26 Å². The van der Waals surface area contributed by atoms with Gasteiger partial charge in [0.25, 0.3) is 0 Å². The van der Waals surface area contributed by atoms with Crippen molar-refractivity contribution in [3.63, 3.8) is 0 Å². The highest BCUT2D eigenvalue weighted by Crippen LogP contribution is 2.27. The van der Waals surface area contributed by atoms with E-state index in [9.17, 15) is 9.47 Å². The number of anilines is 4. The highest BCUT2D eigenvalue weighted by atomic mass is 32.2. The Morgan fingerprint density at radius 2 is 2.09 bits per heavy atom. The topological polar surface area (TPSA) is 128 Å². The molecule has 0 atom stereocenters. The molecule has 9 nitrogen and oxygen atoms in total. The first kappa shape index (κ1) is 22.6. The second kappa shape index (κ2) is 9.52. The number of pyridine rings is 1. The van der Waals surface area contributed by atoms with E-state index in [4.69, 9.17) is 0 Å². The second-order valence-corrected chi connectivity index (χ2v) is 10.6. The Hall–Kier alpha value is -3.55. The Kier molecular flexibility index (Phi) is 6.53. The number of nitriles is 1. The lowest BCUT2D eigenvalue weighted by Gasteiger charge is -2.21. The fraction of sp³-hybridized carbons (Fsp3) is 0.304. The molecule has 0 amide bonds. The summed E-state index contributed by atoms with van der Waals surface area (Å²) in [5, 5.41) is 19.3. The van der Waals surface area contributed by atoms with E-state index < -0.39 is 9.73 Å². The normalized spacial score (nSPS) is 13.0. The summed E-state index contributed by atoms with van der Waals surface area (Å²) in [6.45, 7) is 4.00. The predicted molar refractivity (Wildman–Crippen MR) is 131 cm³/mol. The number of rotatable bonds is 6. The molecule has 3 heterocycles. The van der Waals surface area contributed by atoms with Crippen molar-refractivity contribution in [3.8, 4) is 6.07 Å². The summed E-state index contributed by atoms with van der Waals surface area (Å²) in [5.74, 6) is 1.47. The van der Waals surface area contributed by atoms with Gasteiger partial charge in [0.05, 0.1) is 6.20 Å². The molecule has 33 heavy (non-hydrogen) atoms. The Morgan fingerprint density at radius 3 is 2.85 bits per heavy atom. The van der Waals surface area contributed by atoms with Crippen molar-refractivity contribution in [1.82, 2.24) is 20.3 Å². The lowest BCUT2D eigenvalue weighted by atomic mass is 9.93. The summed E-state index contributed by atoms with van der Waals surface area (Å²) in [6.07, 6.45) is 6.55. The highest BCUT2D eigenvalue weighted by molar-refractivity contribution is 7.92. The maximum Gasteiger partial charge on any atom is 0.229 e. The van der Waals surface area contributed by atoms with Gasteiger partial charge in [0.1, 0.15) is 17.5 Å². The third-order valence-electron chi connectivity index (χ3n) is 5.14. The van der Waals surface area contributed by atoms with Crippen LogP contribution in [0.2, 0.25) is 0 Å². The van der Waals surface area contributed by atoms with E-state index in [2.05, 4.69) is 60.4 Å². The molecule has 4 rings (SSSR count). The zero-order chi connectivity index (χ0) is 23.4. The van der Waals surface area contributed by atoms with Crippen molar-refractivity contribution in [3.05, 3.63) is 58.8 Å². The van der Waals surface area contributed by atoms with Gasteiger partial charge in [-0.1, -0.05) is 13.0 Å². The van der Waals surface area contributed by atoms with Crippen molar-refractivity contribution < 1.29 is 4.21 Å². The average molecular weight is 463 g/mol. The minimum atomic E-state index is -2.34. The molecule has 1 aromatic carbocycles. The van der Waals surface area contributed by atoms with Crippen LogP contribution in [0.15, 0.2) is 40.9 Å². The van der Waals surface area contributed by atoms with Crippen LogP contribution >= 0.6 is 0 Å². The Balaban J connectivity index is 1.63. The van der Waals surface area contributed by atoms with Crippen LogP contribution in [-0.2, 0) is 29.1 Å². The molecule has 0 fully saturated rings. The number of fused-ring (bicyclic) bond motifs is 1.